The van der Waals surface area contributed by atoms with Crippen LogP contribution in [0.3, 0.4) is 0 Å². The molecular formula is C24H33N5O3S. The summed E-state index contributed by atoms with van der Waals surface area (Å²) in [6.45, 7) is 4.14. The summed E-state index contributed by atoms with van der Waals surface area (Å²) in [5.74, 6) is 4.15. The Hall–Kier alpha value is -2.91. The molecule has 3 N–H and O–H groups in total. The zero-order chi connectivity index (χ0) is 23.6. The van der Waals surface area contributed by atoms with Crippen molar-refractivity contribution in [3.63, 3.8) is 0 Å². The molecule has 1 unspecified atom stereocenters. The SMILES string of the molecule is CCC(CNC(=C[N+](=O)[O-])NCCSCc1ccc(CN(C)C)o1)c1c[nH]c2ccccc12. The first-order chi connectivity index (χ1) is 16.0. The van der Waals surface area contributed by atoms with Gasteiger partial charge in [-0.25, -0.2) is 0 Å². The lowest BCUT2D eigenvalue weighted by Gasteiger charge is -2.18. The fourth-order valence-corrected chi connectivity index (χ4v) is 4.47. The first-order valence-electron chi connectivity index (χ1n) is 11.2. The summed E-state index contributed by atoms with van der Waals surface area (Å²) in [6, 6.07) is 12.2. The Morgan fingerprint density at radius 2 is 2.03 bits per heavy atom. The average molecular weight is 472 g/mol. The standard InChI is InChI=1S/C24H33N5O3S/c1-4-18(22-14-26-23-8-6-5-7-21(22)23)13-27-24(16-29(30)31)25-11-12-33-17-20-10-9-19(32-20)15-28(2)3/h5-10,14,16,18,25-27H,4,11-13,15,17H2,1-3H3. The minimum absolute atomic E-state index is 0.239. The number of nitrogens with zero attached hydrogens (tertiary/aromatic N) is 2. The van der Waals surface area contributed by atoms with Crippen LogP contribution in [0, 0.1) is 10.1 Å². The summed E-state index contributed by atoms with van der Waals surface area (Å²) in [5, 5.41) is 18.7. The Balaban J connectivity index is 1.47. The lowest BCUT2D eigenvalue weighted by molar-refractivity contribution is -0.404. The average Bonchev–Trinajstić information content (AvgIpc) is 3.40. The number of rotatable bonds is 14. The van der Waals surface area contributed by atoms with Crippen molar-refractivity contribution in [3.8, 4) is 0 Å². The van der Waals surface area contributed by atoms with Crippen LogP contribution in [0.2, 0.25) is 0 Å². The van der Waals surface area contributed by atoms with Crippen LogP contribution in [-0.4, -0.2) is 47.7 Å². The number of aromatic amines is 1. The number of H-pyrrole nitrogens is 1. The Morgan fingerprint density at radius 3 is 2.79 bits per heavy atom. The first kappa shape index (κ1) is 24.7. The molecule has 3 aromatic rings. The highest BCUT2D eigenvalue weighted by Gasteiger charge is 2.15. The van der Waals surface area contributed by atoms with Gasteiger partial charge in [-0.15, -0.1) is 0 Å². The molecule has 0 fully saturated rings. The molecule has 2 heterocycles. The molecular weight excluding hydrogens is 438 g/mol. The van der Waals surface area contributed by atoms with Crippen LogP contribution >= 0.6 is 11.8 Å². The minimum atomic E-state index is -0.426. The number of benzene rings is 1. The van der Waals surface area contributed by atoms with Gasteiger partial charge in [0.05, 0.1) is 17.2 Å². The summed E-state index contributed by atoms with van der Waals surface area (Å²) in [6.07, 6.45) is 3.97. The third kappa shape index (κ3) is 7.57. The van der Waals surface area contributed by atoms with Crippen LogP contribution in [0.4, 0.5) is 0 Å². The van der Waals surface area contributed by atoms with E-state index in [2.05, 4.69) is 39.6 Å². The Bertz CT molecular complexity index is 1060. The molecule has 33 heavy (non-hydrogen) atoms. The minimum Gasteiger partial charge on any atom is -0.464 e. The lowest BCUT2D eigenvalue weighted by Crippen LogP contribution is -2.31. The molecule has 2 aromatic heterocycles. The van der Waals surface area contributed by atoms with Crippen molar-refractivity contribution >= 4 is 22.7 Å². The Labute approximate surface area is 198 Å². The van der Waals surface area contributed by atoms with Crippen molar-refractivity contribution in [2.24, 2.45) is 0 Å². The zero-order valence-corrected chi connectivity index (χ0v) is 20.3. The monoisotopic (exact) mass is 471 g/mol. The molecule has 0 aliphatic heterocycles. The number of para-hydroxylation sites is 1. The van der Waals surface area contributed by atoms with E-state index in [1.54, 1.807) is 11.8 Å². The predicted octanol–water partition coefficient (Wildman–Crippen LogP) is 4.50. The fraction of sp³-hybridized carbons (Fsp3) is 0.417. The van der Waals surface area contributed by atoms with Gasteiger partial charge >= 0.3 is 0 Å². The summed E-state index contributed by atoms with van der Waals surface area (Å²) in [5.41, 5.74) is 2.33. The second-order valence-corrected chi connectivity index (χ2v) is 9.29. The topological polar surface area (TPSA) is 99.4 Å². The number of aromatic nitrogens is 1. The highest BCUT2D eigenvalue weighted by molar-refractivity contribution is 7.98. The molecule has 1 aromatic carbocycles. The molecule has 1 atom stereocenters. The van der Waals surface area contributed by atoms with Gasteiger partial charge < -0.3 is 24.9 Å². The van der Waals surface area contributed by atoms with Crippen molar-refractivity contribution < 1.29 is 9.34 Å². The Kier molecular flexibility index (Phi) is 9.26. The van der Waals surface area contributed by atoms with Gasteiger partial charge in [0.15, 0.2) is 5.82 Å². The molecule has 3 rings (SSSR count). The van der Waals surface area contributed by atoms with Crippen LogP contribution in [-0.2, 0) is 12.3 Å². The summed E-state index contributed by atoms with van der Waals surface area (Å²) < 4.78 is 5.82. The molecule has 0 spiro atoms. The lowest BCUT2D eigenvalue weighted by atomic mass is 9.96. The van der Waals surface area contributed by atoms with Gasteiger partial charge in [-0.3, -0.25) is 10.1 Å². The normalized spacial score (nSPS) is 12.9. The maximum absolute atomic E-state index is 11.1. The van der Waals surface area contributed by atoms with Crippen LogP contribution in [0.25, 0.3) is 10.9 Å². The molecule has 0 aliphatic rings. The van der Waals surface area contributed by atoms with Gasteiger partial charge in [0.2, 0.25) is 0 Å². The molecule has 0 radical (unpaired) electrons. The van der Waals surface area contributed by atoms with E-state index in [1.807, 2.05) is 44.6 Å². The number of hydrogen-bond acceptors (Lipinski definition) is 7. The van der Waals surface area contributed by atoms with Crippen molar-refractivity contribution in [2.75, 3.05) is 32.9 Å². The van der Waals surface area contributed by atoms with Crippen LogP contribution in [0.15, 0.2) is 59.0 Å². The predicted molar refractivity (Wildman–Crippen MR) is 135 cm³/mol. The number of furan rings is 1. The van der Waals surface area contributed by atoms with Gasteiger partial charge in [-0.05, 0) is 44.3 Å². The maximum atomic E-state index is 11.1. The largest absolute Gasteiger partial charge is 0.464 e. The van der Waals surface area contributed by atoms with Crippen LogP contribution < -0.4 is 10.6 Å². The van der Waals surface area contributed by atoms with E-state index in [9.17, 15) is 10.1 Å². The molecule has 0 amide bonds. The molecule has 8 nitrogen and oxygen atoms in total. The van der Waals surface area contributed by atoms with Gasteiger partial charge in [0.25, 0.3) is 6.20 Å². The third-order valence-corrected chi connectivity index (χ3v) is 6.30. The molecule has 9 heteroatoms. The van der Waals surface area contributed by atoms with E-state index in [0.29, 0.717) is 18.9 Å². The summed E-state index contributed by atoms with van der Waals surface area (Å²) >= 11 is 1.73. The molecule has 0 aliphatic carbocycles. The van der Waals surface area contributed by atoms with Gasteiger partial charge in [-0.2, -0.15) is 11.8 Å². The highest BCUT2D eigenvalue weighted by atomic mass is 32.2. The highest BCUT2D eigenvalue weighted by Crippen LogP contribution is 2.27. The maximum Gasteiger partial charge on any atom is 0.274 e. The van der Waals surface area contributed by atoms with Crippen molar-refractivity contribution in [1.29, 1.82) is 0 Å². The number of fused-ring (bicyclic) bond motifs is 1. The van der Waals surface area contributed by atoms with E-state index in [0.717, 1.165) is 47.7 Å². The number of nitrogens with one attached hydrogen (secondary N) is 3. The number of thioether (sulfide) groups is 1. The van der Waals surface area contributed by atoms with E-state index in [-0.39, 0.29) is 5.92 Å². The Morgan fingerprint density at radius 1 is 1.24 bits per heavy atom. The second kappa shape index (κ2) is 12.4. The quantitative estimate of drug-likeness (QED) is 0.181. The molecule has 0 saturated heterocycles. The van der Waals surface area contributed by atoms with E-state index in [4.69, 9.17) is 4.42 Å². The van der Waals surface area contributed by atoms with E-state index >= 15 is 0 Å². The zero-order valence-electron chi connectivity index (χ0n) is 19.5. The second-order valence-electron chi connectivity index (χ2n) is 8.19. The van der Waals surface area contributed by atoms with Gasteiger partial charge in [0.1, 0.15) is 11.5 Å². The molecule has 0 bridgehead atoms. The van der Waals surface area contributed by atoms with E-state index in [1.165, 1.54) is 10.9 Å². The van der Waals surface area contributed by atoms with Crippen LogP contribution in [0.5, 0.6) is 0 Å². The smallest absolute Gasteiger partial charge is 0.274 e. The fourth-order valence-electron chi connectivity index (χ4n) is 3.73. The molecule has 178 valence electrons. The van der Waals surface area contributed by atoms with Crippen molar-refractivity contribution in [2.45, 2.75) is 31.6 Å². The number of nitro groups is 1. The van der Waals surface area contributed by atoms with Crippen LogP contribution in [0.1, 0.15) is 36.3 Å². The van der Waals surface area contributed by atoms with Gasteiger partial charge in [0, 0.05) is 41.9 Å². The third-order valence-electron chi connectivity index (χ3n) is 5.32. The first-order valence-corrected chi connectivity index (χ1v) is 12.3. The summed E-state index contributed by atoms with van der Waals surface area (Å²) in [7, 11) is 4.02. The summed E-state index contributed by atoms with van der Waals surface area (Å²) in [4.78, 5) is 16.1. The molecule has 0 saturated carbocycles. The number of hydrogen-bond donors (Lipinski definition) is 3. The van der Waals surface area contributed by atoms with Crippen molar-refractivity contribution in [3.05, 3.63) is 81.8 Å². The van der Waals surface area contributed by atoms with Gasteiger partial charge in [-0.1, -0.05) is 25.1 Å². The van der Waals surface area contributed by atoms with Crippen molar-refractivity contribution in [1.82, 2.24) is 20.5 Å². The van der Waals surface area contributed by atoms with E-state index < -0.39 is 4.92 Å².